The fourth-order valence-corrected chi connectivity index (χ4v) is 7.72. The predicted octanol–water partition coefficient (Wildman–Crippen LogP) is -0.613. The third kappa shape index (κ3) is 3.32. The van der Waals surface area contributed by atoms with Crippen LogP contribution in [0.5, 0.6) is 0 Å². The first kappa shape index (κ1) is 19.6. The molecular weight excluding hydrogens is 414 g/mol. The van der Waals surface area contributed by atoms with Crippen molar-refractivity contribution in [1.29, 1.82) is 0 Å². The number of fused-ring (bicyclic) bond motifs is 3. The molecule has 3 heteroatoms. The topological polar surface area (TPSA) is 0 Å². The first-order valence-electron chi connectivity index (χ1n) is 8.00. The second-order valence-electron chi connectivity index (χ2n) is 6.36. The number of allylic oxidation sites excluding steroid dienone is 4. The Balaban J connectivity index is 0.00000104. The Kier molecular flexibility index (Phi) is 6.60. The Morgan fingerprint density at radius 3 is 2.38 bits per heavy atom. The summed E-state index contributed by atoms with van der Waals surface area (Å²) in [7, 11) is 0. The summed E-state index contributed by atoms with van der Waals surface area (Å²) in [6, 6.07) is 15.8. The minimum absolute atomic E-state index is 0. The number of hydrogen-bond acceptors (Lipinski definition) is 0. The smallest absolute Gasteiger partial charge is 1.00 e. The Hall–Kier alpha value is -0.747. The summed E-state index contributed by atoms with van der Waals surface area (Å²) in [5.41, 5.74) is 9.07. The molecule has 0 bridgehead atoms. The Bertz CT molecular complexity index is 856. The maximum Gasteiger partial charge on any atom is -1.00 e. The van der Waals surface area contributed by atoms with Gasteiger partial charge in [0.15, 0.2) is 0 Å². The molecule has 0 aromatic heterocycles. The molecule has 0 radical (unpaired) electrons. The van der Waals surface area contributed by atoms with Gasteiger partial charge in [0.1, 0.15) is 0 Å². The van der Waals surface area contributed by atoms with Gasteiger partial charge in [-0.15, -0.1) is 0 Å². The molecule has 0 nitrogen and oxygen atoms in total. The van der Waals surface area contributed by atoms with Crippen molar-refractivity contribution in [1.82, 2.24) is 0 Å². The largest absolute Gasteiger partial charge is 1.00 e. The molecule has 0 unspecified atom stereocenters. The quantitative estimate of drug-likeness (QED) is 0.505. The molecule has 2 aromatic carbocycles. The number of rotatable bonds is 2. The van der Waals surface area contributed by atoms with Crippen LogP contribution in [-0.2, 0) is 27.7 Å². The van der Waals surface area contributed by atoms with Crippen LogP contribution in [0.1, 0.15) is 23.1 Å². The SMILES string of the molecule is [CH3][Zr+2]([CH3])=[C](C1=CC=CC1)c1cccc2c1Cc1ccccc1-2.[Cl-].[Cl-]. The number of halogens is 2. The van der Waals surface area contributed by atoms with Crippen LogP contribution in [-0.4, -0.2) is 3.21 Å². The van der Waals surface area contributed by atoms with Crippen LogP contribution in [0, 0.1) is 0 Å². The summed E-state index contributed by atoms with van der Waals surface area (Å²) >= 11 is -1.48. The second-order valence-corrected chi connectivity index (χ2v) is 12.5. The molecular formula is C21H20Cl2Zr. The second kappa shape index (κ2) is 8.09. The van der Waals surface area contributed by atoms with Gasteiger partial charge in [-0.2, -0.15) is 0 Å². The first-order chi connectivity index (χ1) is 10.8. The van der Waals surface area contributed by atoms with E-state index in [-0.39, 0.29) is 24.8 Å². The van der Waals surface area contributed by atoms with Crippen molar-refractivity contribution >= 4 is 3.21 Å². The monoisotopic (exact) mass is 432 g/mol. The third-order valence-corrected chi connectivity index (χ3v) is 8.62. The molecule has 4 rings (SSSR count). The molecule has 0 aliphatic heterocycles. The summed E-state index contributed by atoms with van der Waals surface area (Å²) in [6.07, 6.45) is 9.07. The van der Waals surface area contributed by atoms with Crippen molar-refractivity contribution in [3.63, 3.8) is 0 Å². The summed E-state index contributed by atoms with van der Waals surface area (Å²) in [5.74, 6) is 0. The standard InChI is InChI=1S/C19H14.2CH3.2ClH.Zr/c1-2-7-14(6-1)12-15-9-5-11-18-17-10-4-3-8-16(17)13-19(15)18;;;;;/h1-6,8-11H,7,13H2;2*1H3;2*1H;/q;;;;;+2/p-2. The zero-order chi connectivity index (χ0) is 15.1. The Morgan fingerprint density at radius 2 is 1.67 bits per heavy atom. The minimum Gasteiger partial charge on any atom is -1.00 e. The molecule has 0 N–H and O–H groups in total. The van der Waals surface area contributed by atoms with Gasteiger partial charge in [0, 0.05) is 0 Å². The van der Waals surface area contributed by atoms with Crippen LogP contribution in [0.4, 0.5) is 0 Å². The van der Waals surface area contributed by atoms with Crippen LogP contribution >= 0.6 is 0 Å². The molecule has 2 aromatic rings. The van der Waals surface area contributed by atoms with Gasteiger partial charge in [0.2, 0.25) is 0 Å². The molecule has 122 valence electrons. The average molecular weight is 435 g/mol. The van der Waals surface area contributed by atoms with Crippen LogP contribution in [0.15, 0.2) is 66.3 Å². The van der Waals surface area contributed by atoms with Crippen LogP contribution in [0.2, 0.25) is 9.26 Å². The van der Waals surface area contributed by atoms with E-state index in [9.17, 15) is 0 Å². The van der Waals surface area contributed by atoms with Crippen molar-refractivity contribution in [3.8, 4) is 11.1 Å². The van der Waals surface area contributed by atoms with Crippen LogP contribution in [0.3, 0.4) is 0 Å². The Labute approximate surface area is 164 Å². The van der Waals surface area contributed by atoms with E-state index in [2.05, 4.69) is 70.0 Å². The molecule has 0 spiro atoms. The van der Waals surface area contributed by atoms with Crippen molar-refractivity contribution < 1.29 is 46.1 Å². The normalized spacial score (nSPS) is 13.0. The molecule has 0 heterocycles. The number of benzene rings is 2. The van der Waals surface area contributed by atoms with Crippen molar-refractivity contribution in [2.24, 2.45) is 0 Å². The van der Waals surface area contributed by atoms with Gasteiger partial charge in [-0.25, -0.2) is 0 Å². The fraction of sp³-hybridized carbons (Fsp3) is 0.190. The van der Waals surface area contributed by atoms with Gasteiger partial charge in [-0.1, -0.05) is 0 Å². The zero-order valence-corrected chi connectivity index (χ0v) is 17.9. The molecule has 2 aliphatic carbocycles. The van der Waals surface area contributed by atoms with E-state index in [1.54, 1.807) is 19.9 Å². The third-order valence-electron chi connectivity index (χ3n) is 4.71. The van der Waals surface area contributed by atoms with E-state index in [0.717, 1.165) is 12.8 Å². The average Bonchev–Trinajstić information content (AvgIpc) is 3.15. The van der Waals surface area contributed by atoms with Crippen LogP contribution in [0.25, 0.3) is 11.1 Å². The van der Waals surface area contributed by atoms with Crippen molar-refractivity contribution in [2.75, 3.05) is 0 Å². The molecule has 0 saturated heterocycles. The molecule has 0 saturated carbocycles. The summed E-state index contributed by atoms with van der Waals surface area (Å²) in [5, 5.41) is 0. The van der Waals surface area contributed by atoms with E-state index in [0.29, 0.717) is 0 Å². The summed E-state index contributed by atoms with van der Waals surface area (Å²) in [4.78, 5) is 0. The maximum atomic E-state index is 2.51. The van der Waals surface area contributed by atoms with Gasteiger partial charge in [0.25, 0.3) is 0 Å². The van der Waals surface area contributed by atoms with Gasteiger partial charge in [0.05, 0.1) is 0 Å². The van der Waals surface area contributed by atoms with E-state index < -0.39 is 21.3 Å². The summed E-state index contributed by atoms with van der Waals surface area (Å²) in [6.45, 7) is 0. The molecule has 0 amide bonds. The van der Waals surface area contributed by atoms with Crippen molar-refractivity contribution in [2.45, 2.75) is 22.1 Å². The van der Waals surface area contributed by atoms with Gasteiger partial charge < -0.3 is 24.8 Å². The minimum atomic E-state index is -1.48. The fourth-order valence-electron chi connectivity index (χ4n) is 3.79. The zero-order valence-electron chi connectivity index (χ0n) is 13.9. The van der Waals surface area contributed by atoms with Crippen molar-refractivity contribution in [3.05, 3.63) is 83.0 Å². The van der Waals surface area contributed by atoms with Gasteiger partial charge in [-0.3, -0.25) is 0 Å². The molecule has 0 atom stereocenters. The van der Waals surface area contributed by atoms with Gasteiger partial charge in [-0.05, 0) is 0 Å². The van der Waals surface area contributed by atoms with E-state index in [1.165, 1.54) is 16.7 Å². The van der Waals surface area contributed by atoms with Gasteiger partial charge >= 0.3 is 141 Å². The van der Waals surface area contributed by atoms with E-state index in [4.69, 9.17) is 0 Å². The summed E-state index contributed by atoms with van der Waals surface area (Å²) < 4.78 is 6.74. The van der Waals surface area contributed by atoms with E-state index >= 15 is 0 Å². The van der Waals surface area contributed by atoms with Crippen LogP contribution < -0.4 is 24.8 Å². The maximum absolute atomic E-state index is 2.51. The molecule has 24 heavy (non-hydrogen) atoms. The molecule has 0 fully saturated rings. The molecule has 2 aliphatic rings. The Morgan fingerprint density at radius 1 is 0.917 bits per heavy atom. The predicted molar refractivity (Wildman–Crippen MR) is 92.4 cm³/mol. The van der Waals surface area contributed by atoms with E-state index in [1.807, 2.05) is 0 Å². The number of hydrogen-bond donors (Lipinski definition) is 0. The first-order valence-corrected chi connectivity index (χ1v) is 14.1.